The van der Waals surface area contributed by atoms with Crippen LogP contribution in [0.25, 0.3) is 0 Å². The van der Waals surface area contributed by atoms with Gasteiger partial charge in [-0.1, -0.05) is 12.1 Å². The van der Waals surface area contributed by atoms with E-state index in [-0.39, 0.29) is 5.69 Å². The lowest BCUT2D eigenvalue weighted by atomic mass is 10.1. The third-order valence-corrected chi connectivity index (χ3v) is 2.23. The van der Waals surface area contributed by atoms with Crippen LogP contribution >= 0.6 is 0 Å². The Morgan fingerprint density at radius 1 is 1.06 bits per heavy atom. The summed E-state index contributed by atoms with van der Waals surface area (Å²) in [4.78, 5) is 3.76. The van der Waals surface area contributed by atoms with Gasteiger partial charge >= 0.3 is 0 Å². The smallest absolute Gasteiger partial charge is 0.147 e. The highest BCUT2D eigenvalue weighted by molar-refractivity contribution is 5.26. The second kappa shape index (κ2) is 4.37. The zero-order valence-electron chi connectivity index (χ0n) is 8.27. The quantitative estimate of drug-likeness (QED) is 0.844. The lowest BCUT2D eigenvalue weighted by Gasteiger charge is -2.10. The normalized spacial score (nSPS) is 12.4. The van der Waals surface area contributed by atoms with E-state index in [1.54, 1.807) is 0 Å². The monoisotopic (exact) mass is 221 g/mol. The van der Waals surface area contributed by atoms with Crippen LogP contribution in [0.5, 0.6) is 0 Å². The molecule has 1 aromatic heterocycles. The van der Waals surface area contributed by atoms with E-state index in [9.17, 15) is 13.9 Å². The Balaban J connectivity index is 2.35. The summed E-state index contributed by atoms with van der Waals surface area (Å²) >= 11 is 0. The van der Waals surface area contributed by atoms with Gasteiger partial charge in [0.25, 0.3) is 0 Å². The van der Waals surface area contributed by atoms with Crippen molar-refractivity contribution in [3.8, 4) is 0 Å². The third kappa shape index (κ3) is 2.06. The first-order valence-corrected chi connectivity index (χ1v) is 4.72. The van der Waals surface area contributed by atoms with Crippen LogP contribution in [0.3, 0.4) is 0 Å². The molecule has 0 saturated carbocycles. The summed E-state index contributed by atoms with van der Waals surface area (Å²) in [5.74, 6) is -0.989. The molecular formula is C12H9F2NO. The summed E-state index contributed by atoms with van der Waals surface area (Å²) in [5.41, 5.74) is 0.341. The van der Waals surface area contributed by atoms with Gasteiger partial charge in [-0.15, -0.1) is 0 Å². The zero-order valence-corrected chi connectivity index (χ0v) is 8.27. The van der Waals surface area contributed by atoms with Gasteiger partial charge in [-0.3, -0.25) is 4.98 Å². The first-order chi connectivity index (χ1) is 7.68. The van der Waals surface area contributed by atoms with Crippen molar-refractivity contribution in [3.63, 3.8) is 0 Å². The minimum atomic E-state index is -1.18. The Morgan fingerprint density at radius 3 is 2.38 bits per heavy atom. The summed E-state index contributed by atoms with van der Waals surface area (Å²) in [7, 11) is 0. The van der Waals surface area contributed by atoms with E-state index in [0.29, 0.717) is 5.56 Å². The fourth-order valence-corrected chi connectivity index (χ4v) is 1.40. The summed E-state index contributed by atoms with van der Waals surface area (Å²) in [5, 5.41) is 9.84. The standard InChI is InChI=1S/C12H9F2NO/c13-9-5-3-8(4-6-9)12(16)11-10(14)2-1-7-15-11/h1-7,12,16H. The highest BCUT2D eigenvalue weighted by Gasteiger charge is 2.15. The Labute approximate surface area is 91.2 Å². The minimum Gasteiger partial charge on any atom is -0.382 e. The second-order valence-corrected chi connectivity index (χ2v) is 3.32. The molecule has 0 fully saturated rings. The molecule has 1 heterocycles. The summed E-state index contributed by atoms with van der Waals surface area (Å²) in [6.07, 6.45) is 0.215. The molecule has 0 saturated heterocycles. The van der Waals surface area contributed by atoms with Crippen LogP contribution < -0.4 is 0 Å². The molecule has 4 heteroatoms. The fraction of sp³-hybridized carbons (Fsp3) is 0.0833. The molecule has 1 N–H and O–H groups in total. The number of hydrogen-bond acceptors (Lipinski definition) is 2. The van der Waals surface area contributed by atoms with E-state index >= 15 is 0 Å². The van der Waals surface area contributed by atoms with E-state index in [4.69, 9.17) is 0 Å². The maximum absolute atomic E-state index is 13.3. The van der Waals surface area contributed by atoms with Crippen molar-refractivity contribution < 1.29 is 13.9 Å². The van der Waals surface area contributed by atoms with Crippen LogP contribution in [0.1, 0.15) is 17.4 Å². The van der Waals surface area contributed by atoms with Crippen molar-refractivity contribution in [2.24, 2.45) is 0 Å². The lowest BCUT2D eigenvalue weighted by molar-refractivity contribution is 0.209. The predicted molar refractivity (Wildman–Crippen MR) is 54.7 cm³/mol. The molecule has 0 amide bonds. The number of benzene rings is 1. The third-order valence-electron chi connectivity index (χ3n) is 2.23. The van der Waals surface area contributed by atoms with Gasteiger partial charge in [0, 0.05) is 6.20 Å². The van der Waals surface area contributed by atoms with E-state index in [1.807, 2.05) is 0 Å². The van der Waals surface area contributed by atoms with Gasteiger partial charge in [-0.25, -0.2) is 8.78 Å². The van der Waals surface area contributed by atoms with Crippen LogP contribution in [-0.2, 0) is 0 Å². The maximum atomic E-state index is 13.3. The molecule has 0 bridgehead atoms. The largest absolute Gasteiger partial charge is 0.382 e. The molecule has 0 aliphatic rings. The van der Waals surface area contributed by atoms with Gasteiger partial charge in [0.05, 0.1) is 0 Å². The zero-order chi connectivity index (χ0) is 11.5. The van der Waals surface area contributed by atoms with Crippen molar-refractivity contribution in [2.75, 3.05) is 0 Å². The lowest BCUT2D eigenvalue weighted by Crippen LogP contribution is -2.05. The highest BCUT2D eigenvalue weighted by Crippen LogP contribution is 2.22. The minimum absolute atomic E-state index is 0.0610. The Hall–Kier alpha value is -1.81. The molecule has 0 aliphatic heterocycles. The average Bonchev–Trinajstić information content (AvgIpc) is 2.30. The summed E-state index contributed by atoms with van der Waals surface area (Å²) in [6.45, 7) is 0. The van der Waals surface area contributed by atoms with Crippen LogP contribution in [0.2, 0.25) is 0 Å². The molecule has 0 radical (unpaired) electrons. The maximum Gasteiger partial charge on any atom is 0.147 e. The van der Waals surface area contributed by atoms with Crippen molar-refractivity contribution in [3.05, 3.63) is 65.5 Å². The number of rotatable bonds is 2. The number of halogens is 2. The molecule has 0 spiro atoms. The number of aliphatic hydroxyl groups is 1. The van der Waals surface area contributed by atoms with E-state index in [0.717, 1.165) is 0 Å². The predicted octanol–water partition coefficient (Wildman–Crippen LogP) is 2.44. The van der Waals surface area contributed by atoms with E-state index in [2.05, 4.69) is 4.98 Å². The van der Waals surface area contributed by atoms with E-state index < -0.39 is 17.7 Å². The molecule has 2 nitrogen and oxygen atoms in total. The van der Waals surface area contributed by atoms with Gasteiger partial charge in [0.15, 0.2) is 0 Å². The van der Waals surface area contributed by atoms with Gasteiger partial charge in [0.2, 0.25) is 0 Å². The number of hydrogen-bond donors (Lipinski definition) is 1. The van der Waals surface area contributed by atoms with E-state index in [1.165, 1.54) is 42.6 Å². The molecule has 82 valence electrons. The molecule has 0 aliphatic carbocycles. The molecule has 16 heavy (non-hydrogen) atoms. The SMILES string of the molecule is OC(c1ccc(F)cc1)c1ncccc1F. The van der Waals surface area contributed by atoms with Crippen molar-refractivity contribution >= 4 is 0 Å². The van der Waals surface area contributed by atoms with Gasteiger partial charge in [0.1, 0.15) is 23.4 Å². The van der Waals surface area contributed by atoms with Crippen molar-refractivity contribution in [1.82, 2.24) is 4.98 Å². The van der Waals surface area contributed by atoms with Gasteiger partial charge in [-0.2, -0.15) is 0 Å². The Kier molecular flexibility index (Phi) is 2.92. The van der Waals surface area contributed by atoms with Gasteiger partial charge in [-0.05, 0) is 29.8 Å². The molecule has 1 unspecified atom stereocenters. The van der Waals surface area contributed by atoms with Crippen molar-refractivity contribution in [1.29, 1.82) is 0 Å². The first-order valence-electron chi connectivity index (χ1n) is 4.72. The first kappa shape index (κ1) is 10.7. The van der Waals surface area contributed by atoms with Crippen LogP contribution in [0.15, 0.2) is 42.6 Å². The molecule has 2 aromatic rings. The van der Waals surface area contributed by atoms with Gasteiger partial charge < -0.3 is 5.11 Å². The van der Waals surface area contributed by atoms with Crippen LogP contribution in [-0.4, -0.2) is 10.1 Å². The number of pyridine rings is 1. The Bertz CT molecular complexity index is 485. The second-order valence-electron chi connectivity index (χ2n) is 3.32. The summed E-state index contributed by atoms with van der Waals surface area (Å²) < 4.78 is 26.0. The molecule has 1 atom stereocenters. The van der Waals surface area contributed by atoms with Crippen LogP contribution in [0.4, 0.5) is 8.78 Å². The fourth-order valence-electron chi connectivity index (χ4n) is 1.40. The Morgan fingerprint density at radius 2 is 1.75 bits per heavy atom. The molecular weight excluding hydrogens is 212 g/mol. The number of aromatic nitrogens is 1. The molecule has 2 rings (SSSR count). The van der Waals surface area contributed by atoms with Crippen LogP contribution in [0, 0.1) is 11.6 Å². The van der Waals surface area contributed by atoms with Crippen molar-refractivity contribution in [2.45, 2.75) is 6.10 Å². The average molecular weight is 221 g/mol. The molecule has 1 aromatic carbocycles. The number of aliphatic hydroxyl groups excluding tert-OH is 1. The number of nitrogens with zero attached hydrogens (tertiary/aromatic N) is 1. The topological polar surface area (TPSA) is 33.1 Å². The highest BCUT2D eigenvalue weighted by atomic mass is 19.1. The summed E-state index contributed by atoms with van der Waals surface area (Å²) in [6, 6.07) is 7.87.